The molecule has 0 rings (SSSR count). The zero-order valence-electron chi connectivity index (χ0n) is 18.2. The molecule has 0 heterocycles. The first kappa shape index (κ1) is 30.6. The molecule has 12 heteroatoms. The van der Waals surface area contributed by atoms with Crippen LogP contribution in [0.3, 0.4) is 0 Å². The second kappa shape index (κ2) is 22.1. The van der Waals surface area contributed by atoms with Gasteiger partial charge in [-0.1, -0.05) is 38.5 Å². The Bertz CT molecular complexity index is 495. The normalized spacial score (nSPS) is 10.7. The van der Waals surface area contributed by atoms with Gasteiger partial charge in [-0.25, -0.2) is 0 Å². The molecule has 0 spiro atoms. The van der Waals surface area contributed by atoms with Crippen LogP contribution in [0, 0.1) is 0 Å². The number of nitrogens with one attached hydrogen (secondary N) is 2. The van der Waals surface area contributed by atoms with Crippen molar-refractivity contribution in [3.63, 3.8) is 0 Å². The topological polar surface area (TPSA) is 229 Å². The molecule has 0 radical (unpaired) electrons. The Labute approximate surface area is 181 Å². The highest BCUT2D eigenvalue weighted by atomic mass is 32.3. The van der Waals surface area contributed by atoms with Crippen LogP contribution in [0.4, 0.5) is 0 Å². The van der Waals surface area contributed by atoms with E-state index in [0.717, 1.165) is 25.9 Å². The third-order valence-corrected chi connectivity index (χ3v) is 4.33. The highest BCUT2D eigenvalue weighted by Crippen LogP contribution is 2.04. The van der Waals surface area contributed by atoms with Crippen molar-refractivity contribution in [2.45, 2.75) is 77.0 Å². The van der Waals surface area contributed by atoms with Gasteiger partial charge in [0.2, 0.25) is 0 Å². The Morgan fingerprint density at radius 1 is 0.600 bits per heavy atom. The lowest BCUT2D eigenvalue weighted by Gasteiger charge is -2.06. The number of rotatable bonds is 18. The fourth-order valence-corrected chi connectivity index (χ4v) is 2.85. The van der Waals surface area contributed by atoms with Gasteiger partial charge in [-0.3, -0.25) is 41.3 Å². The molecule has 0 fully saturated rings. The minimum atomic E-state index is -5.17. The Hall–Kier alpha value is -1.63. The van der Waals surface area contributed by atoms with E-state index in [0.29, 0.717) is 11.9 Å². The lowest BCUT2D eigenvalue weighted by Crippen LogP contribution is -2.84. The Kier molecular flexibility index (Phi) is 22.5. The first-order chi connectivity index (χ1) is 14.1. The maximum atomic E-state index is 8.52. The molecule has 0 aliphatic rings. The van der Waals surface area contributed by atoms with E-state index in [4.69, 9.17) is 40.5 Å². The van der Waals surface area contributed by atoms with Crippen LogP contribution in [0.15, 0.2) is 0 Å². The summed E-state index contributed by atoms with van der Waals surface area (Å²) in [7, 11) is -5.17. The monoisotopic (exact) mass is 454 g/mol. The van der Waals surface area contributed by atoms with Crippen molar-refractivity contribution in [1.29, 1.82) is 0 Å². The predicted molar refractivity (Wildman–Crippen MR) is 116 cm³/mol. The average molecular weight is 455 g/mol. The molecule has 0 aromatic rings. The SMILES string of the molecule is NC(N)=[NH+]CCCCCCCC[NH2+]CCCCCCCC[NH+]=C(N)N.O=S(=O)([O-])[O-]. The number of hydrogen-bond acceptors (Lipinski definition) is 4. The van der Waals surface area contributed by atoms with Gasteiger partial charge >= 0.3 is 11.9 Å². The molecule has 0 bridgehead atoms. The first-order valence-electron chi connectivity index (χ1n) is 10.8. The van der Waals surface area contributed by atoms with Crippen molar-refractivity contribution in [2.24, 2.45) is 22.9 Å². The third kappa shape index (κ3) is 40.9. The smallest absolute Gasteiger partial charge is 0.338 e. The molecule has 12 N–H and O–H groups in total. The molecule has 0 aliphatic carbocycles. The van der Waals surface area contributed by atoms with Gasteiger partial charge in [0.15, 0.2) is 0 Å². The second-order valence-corrected chi connectivity index (χ2v) is 8.10. The summed E-state index contributed by atoms with van der Waals surface area (Å²) >= 11 is 0. The van der Waals surface area contributed by atoms with Gasteiger partial charge in [0, 0.05) is 10.4 Å². The van der Waals surface area contributed by atoms with Crippen molar-refractivity contribution < 1.29 is 32.8 Å². The minimum absolute atomic E-state index is 0.333. The first-order valence-corrected chi connectivity index (χ1v) is 12.2. The minimum Gasteiger partial charge on any atom is -0.759 e. The van der Waals surface area contributed by atoms with Crippen LogP contribution in [0.1, 0.15) is 77.0 Å². The quantitative estimate of drug-likeness (QED) is 0.0350. The van der Waals surface area contributed by atoms with E-state index in [-0.39, 0.29) is 0 Å². The molecular weight excluding hydrogens is 410 g/mol. The maximum absolute atomic E-state index is 8.52. The van der Waals surface area contributed by atoms with E-state index >= 15 is 0 Å². The molecule has 180 valence electrons. The molecule has 0 saturated carbocycles. The van der Waals surface area contributed by atoms with Gasteiger partial charge in [0.05, 0.1) is 26.2 Å². The van der Waals surface area contributed by atoms with Crippen LogP contribution in [-0.4, -0.2) is 55.6 Å². The number of quaternary nitrogens is 1. The predicted octanol–water partition coefficient (Wildman–Crippen LogP) is -4.40. The molecule has 0 atom stereocenters. The summed E-state index contributed by atoms with van der Waals surface area (Å²) in [4.78, 5) is 5.91. The van der Waals surface area contributed by atoms with Crippen LogP contribution in [0.2, 0.25) is 0 Å². The molecule has 30 heavy (non-hydrogen) atoms. The number of hydrogen-bond donors (Lipinski definition) is 7. The number of nitrogens with two attached hydrogens (primary N) is 5. The van der Waals surface area contributed by atoms with Gasteiger partial charge in [-0.2, -0.15) is 0 Å². The van der Waals surface area contributed by atoms with Gasteiger partial charge in [0.25, 0.3) is 0 Å². The number of unbranched alkanes of at least 4 members (excludes halogenated alkanes) is 10. The molecule has 0 aliphatic heterocycles. The molecule has 0 aromatic heterocycles. The van der Waals surface area contributed by atoms with E-state index in [1.807, 2.05) is 0 Å². The molecular formula is C18H44N7O4S+. The summed E-state index contributed by atoms with van der Waals surface area (Å²) < 4.78 is 34.1. The van der Waals surface area contributed by atoms with Crippen molar-refractivity contribution in [3.05, 3.63) is 0 Å². The lowest BCUT2D eigenvalue weighted by atomic mass is 10.1. The fourth-order valence-electron chi connectivity index (χ4n) is 2.85. The molecule has 0 unspecified atom stereocenters. The lowest BCUT2D eigenvalue weighted by molar-refractivity contribution is -0.655. The molecule has 0 amide bonds. The largest absolute Gasteiger partial charge is 0.759 e. The summed E-state index contributed by atoms with van der Waals surface area (Å²) in [6.07, 6.45) is 15.6. The highest BCUT2D eigenvalue weighted by Gasteiger charge is 1.96. The van der Waals surface area contributed by atoms with Gasteiger partial charge in [-0.15, -0.1) is 0 Å². The van der Waals surface area contributed by atoms with Gasteiger partial charge in [-0.05, 0) is 38.5 Å². The Morgan fingerprint density at radius 3 is 1.17 bits per heavy atom. The summed E-state index contributed by atoms with van der Waals surface area (Å²) in [6, 6.07) is 0. The van der Waals surface area contributed by atoms with Gasteiger partial charge < -0.3 is 14.4 Å². The van der Waals surface area contributed by atoms with E-state index in [2.05, 4.69) is 15.3 Å². The van der Waals surface area contributed by atoms with Crippen LogP contribution >= 0.6 is 0 Å². The van der Waals surface area contributed by atoms with E-state index in [1.54, 1.807) is 0 Å². The summed E-state index contributed by atoms with van der Waals surface area (Å²) in [6.45, 7) is 4.35. The van der Waals surface area contributed by atoms with Crippen molar-refractivity contribution in [2.75, 3.05) is 26.2 Å². The second-order valence-electron chi connectivity index (χ2n) is 7.28. The standard InChI is InChI=1S/C18H41N7.H2O4S/c19-17(20)24-15-11-7-3-1-5-9-13-23-14-10-6-2-4-8-12-16-25-18(21)22;1-5(2,3)4/h23H,1-16H2,(H4,19,20,24)(H4,21,22,25);(H2,1,2,3,4)/p+1. The zero-order valence-corrected chi connectivity index (χ0v) is 19.1. The summed E-state index contributed by atoms with van der Waals surface area (Å²) in [5, 5.41) is 2.48. The van der Waals surface area contributed by atoms with Crippen LogP contribution < -0.4 is 38.2 Å². The summed E-state index contributed by atoms with van der Waals surface area (Å²) in [5.41, 5.74) is 21.4. The summed E-state index contributed by atoms with van der Waals surface area (Å²) in [5.74, 6) is 0.666. The van der Waals surface area contributed by atoms with Crippen LogP contribution in [-0.2, 0) is 10.4 Å². The maximum Gasteiger partial charge on any atom is 0.338 e. The zero-order chi connectivity index (χ0) is 23.1. The fraction of sp³-hybridized carbons (Fsp3) is 0.889. The average Bonchev–Trinajstić information content (AvgIpc) is 2.61. The molecule has 0 aromatic carbocycles. The van der Waals surface area contributed by atoms with Gasteiger partial charge in [0.1, 0.15) is 0 Å². The van der Waals surface area contributed by atoms with E-state index in [1.165, 1.54) is 77.3 Å². The van der Waals surface area contributed by atoms with Crippen LogP contribution in [0.5, 0.6) is 0 Å². The Morgan fingerprint density at radius 2 is 0.867 bits per heavy atom. The highest BCUT2D eigenvalue weighted by molar-refractivity contribution is 7.79. The molecule has 11 nitrogen and oxygen atoms in total. The van der Waals surface area contributed by atoms with Crippen molar-refractivity contribution >= 4 is 22.3 Å². The van der Waals surface area contributed by atoms with E-state index < -0.39 is 10.4 Å². The van der Waals surface area contributed by atoms with E-state index in [9.17, 15) is 0 Å². The van der Waals surface area contributed by atoms with Crippen molar-refractivity contribution in [3.8, 4) is 0 Å². The molecule has 0 saturated heterocycles. The van der Waals surface area contributed by atoms with Crippen LogP contribution in [0.25, 0.3) is 0 Å². The van der Waals surface area contributed by atoms with Crippen molar-refractivity contribution in [1.82, 2.24) is 0 Å². The Balaban J connectivity index is 0. The number of guanidine groups is 2. The third-order valence-electron chi connectivity index (χ3n) is 4.33.